The molecule has 152 valence electrons. The van der Waals surface area contributed by atoms with Crippen LogP contribution in [0.15, 0.2) is 30.3 Å². The molecule has 1 saturated heterocycles. The Kier molecular flexibility index (Phi) is 8.86. The number of benzene rings is 1. The summed E-state index contributed by atoms with van der Waals surface area (Å²) in [6.45, 7) is 7.24. The predicted molar refractivity (Wildman–Crippen MR) is 101 cm³/mol. The molecule has 1 aliphatic rings. The highest BCUT2D eigenvalue weighted by atomic mass is 16.7. The fraction of sp³-hybridized carbons (Fsp3) is 0.667. The van der Waals surface area contributed by atoms with Crippen molar-refractivity contribution in [1.29, 1.82) is 0 Å². The topological polar surface area (TPSA) is 74.2 Å². The molecule has 0 amide bonds. The maximum absolute atomic E-state index is 12.5. The van der Waals surface area contributed by atoms with Crippen LogP contribution >= 0.6 is 0 Å². The number of aliphatic hydroxyl groups is 1. The number of rotatable bonds is 11. The van der Waals surface area contributed by atoms with Crippen molar-refractivity contribution in [2.75, 3.05) is 19.8 Å². The zero-order valence-electron chi connectivity index (χ0n) is 16.6. The van der Waals surface area contributed by atoms with Crippen molar-refractivity contribution < 1.29 is 28.8 Å². The molecule has 1 aliphatic heterocycles. The number of hydrogen-bond donors (Lipinski definition) is 1. The SMILES string of the molecule is CCCC(=O)C1(O)C[C@@H](OCC)[C@H](OCc2ccccc2)[C@@H](COCC)O1. The van der Waals surface area contributed by atoms with Crippen LogP contribution in [0.25, 0.3) is 0 Å². The molecule has 1 fully saturated rings. The highest BCUT2D eigenvalue weighted by molar-refractivity contribution is 5.85. The summed E-state index contributed by atoms with van der Waals surface area (Å²) in [5.74, 6) is -2.18. The van der Waals surface area contributed by atoms with Gasteiger partial charge in [-0.1, -0.05) is 37.3 Å². The van der Waals surface area contributed by atoms with Crippen LogP contribution in [-0.2, 0) is 30.3 Å². The maximum atomic E-state index is 12.5. The zero-order valence-corrected chi connectivity index (χ0v) is 16.6. The van der Waals surface area contributed by atoms with Crippen LogP contribution < -0.4 is 0 Å². The van der Waals surface area contributed by atoms with Gasteiger partial charge in [-0.05, 0) is 25.8 Å². The van der Waals surface area contributed by atoms with Crippen molar-refractivity contribution in [2.45, 2.75) is 70.7 Å². The third-order valence-corrected chi connectivity index (χ3v) is 4.62. The Morgan fingerprint density at radius 3 is 2.56 bits per heavy atom. The van der Waals surface area contributed by atoms with E-state index in [1.54, 1.807) is 0 Å². The van der Waals surface area contributed by atoms with E-state index >= 15 is 0 Å². The number of carbonyl (C=O) groups is 1. The molecule has 0 spiro atoms. The van der Waals surface area contributed by atoms with Gasteiger partial charge in [-0.3, -0.25) is 4.79 Å². The summed E-state index contributed by atoms with van der Waals surface area (Å²) >= 11 is 0. The second kappa shape index (κ2) is 10.9. The van der Waals surface area contributed by atoms with E-state index in [-0.39, 0.29) is 25.2 Å². The number of Topliss-reactive ketones (excluding diaryl/α,β-unsaturated/α-hetero) is 1. The fourth-order valence-electron chi connectivity index (χ4n) is 3.31. The Morgan fingerprint density at radius 2 is 1.93 bits per heavy atom. The largest absolute Gasteiger partial charge is 0.379 e. The van der Waals surface area contributed by atoms with Crippen LogP contribution in [0.3, 0.4) is 0 Å². The number of carbonyl (C=O) groups excluding carboxylic acids is 1. The van der Waals surface area contributed by atoms with Crippen molar-refractivity contribution in [3.63, 3.8) is 0 Å². The standard InChI is InChI=1S/C21H32O6/c1-4-10-19(22)21(23)13-17(25-6-3)20(18(27-21)15-24-5-2)26-14-16-11-8-7-9-12-16/h7-9,11-12,17-18,20,23H,4-6,10,13-15H2,1-3H3/t17-,18-,20+,21?/m1/s1. The van der Waals surface area contributed by atoms with Crippen molar-refractivity contribution in [2.24, 2.45) is 0 Å². The lowest BCUT2D eigenvalue weighted by Gasteiger charge is -2.44. The molecule has 1 N–H and O–H groups in total. The highest BCUT2D eigenvalue weighted by Crippen LogP contribution is 2.33. The molecule has 6 nitrogen and oxygen atoms in total. The zero-order chi connectivity index (χ0) is 19.7. The van der Waals surface area contributed by atoms with Crippen molar-refractivity contribution in [3.8, 4) is 0 Å². The summed E-state index contributed by atoms with van der Waals surface area (Å²) in [7, 11) is 0. The molecule has 1 unspecified atom stereocenters. The quantitative estimate of drug-likeness (QED) is 0.636. The number of hydrogen-bond acceptors (Lipinski definition) is 6. The van der Waals surface area contributed by atoms with Crippen molar-refractivity contribution >= 4 is 5.78 Å². The van der Waals surface area contributed by atoms with Crippen LogP contribution in [0.5, 0.6) is 0 Å². The van der Waals surface area contributed by atoms with Gasteiger partial charge in [-0.2, -0.15) is 0 Å². The Morgan fingerprint density at radius 1 is 1.19 bits per heavy atom. The van der Waals surface area contributed by atoms with Crippen LogP contribution in [-0.4, -0.2) is 54.8 Å². The Balaban J connectivity index is 2.18. The molecule has 0 saturated carbocycles. The van der Waals surface area contributed by atoms with Crippen molar-refractivity contribution in [1.82, 2.24) is 0 Å². The lowest BCUT2D eigenvalue weighted by molar-refractivity contribution is -0.303. The number of ketones is 1. The molecular weight excluding hydrogens is 348 g/mol. The minimum Gasteiger partial charge on any atom is -0.379 e. The molecular formula is C21H32O6. The monoisotopic (exact) mass is 380 g/mol. The summed E-state index contributed by atoms with van der Waals surface area (Å²) < 4.78 is 23.3. The van der Waals surface area contributed by atoms with Gasteiger partial charge >= 0.3 is 0 Å². The first kappa shape index (κ1) is 22.0. The molecule has 0 aliphatic carbocycles. The van der Waals surface area contributed by atoms with Gasteiger partial charge in [0.2, 0.25) is 5.79 Å². The van der Waals surface area contributed by atoms with Gasteiger partial charge < -0.3 is 24.1 Å². The van der Waals surface area contributed by atoms with Crippen LogP contribution in [0.4, 0.5) is 0 Å². The fourth-order valence-corrected chi connectivity index (χ4v) is 3.31. The van der Waals surface area contributed by atoms with Gasteiger partial charge in [-0.25, -0.2) is 0 Å². The normalized spacial score (nSPS) is 28.2. The minimum absolute atomic E-state index is 0.0573. The van der Waals surface area contributed by atoms with Gasteiger partial charge in [0.25, 0.3) is 0 Å². The molecule has 0 bridgehead atoms. The van der Waals surface area contributed by atoms with Gasteiger partial charge in [0.05, 0.1) is 19.3 Å². The summed E-state index contributed by atoms with van der Waals surface area (Å²) in [5.41, 5.74) is 1.03. The van der Waals surface area contributed by atoms with E-state index in [0.29, 0.717) is 26.2 Å². The summed E-state index contributed by atoms with van der Waals surface area (Å²) in [5, 5.41) is 10.9. The average molecular weight is 380 g/mol. The minimum atomic E-state index is -1.86. The summed E-state index contributed by atoms with van der Waals surface area (Å²) in [6.07, 6.45) is -0.526. The van der Waals surface area contributed by atoms with Crippen LogP contribution in [0.2, 0.25) is 0 Å². The molecule has 1 aromatic carbocycles. The molecule has 0 radical (unpaired) electrons. The lowest BCUT2D eigenvalue weighted by atomic mass is 9.91. The molecule has 2 rings (SSSR count). The third-order valence-electron chi connectivity index (χ3n) is 4.62. The first-order chi connectivity index (χ1) is 13.0. The first-order valence-corrected chi connectivity index (χ1v) is 9.82. The van der Waals surface area contributed by atoms with Crippen LogP contribution in [0, 0.1) is 0 Å². The van der Waals surface area contributed by atoms with Crippen LogP contribution in [0.1, 0.15) is 45.6 Å². The van der Waals surface area contributed by atoms with E-state index in [2.05, 4.69) is 0 Å². The average Bonchev–Trinajstić information content (AvgIpc) is 2.67. The molecule has 0 aromatic heterocycles. The second-order valence-electron chi connectivity index (χ2n) is 6.73. The van der Waals surface area contributed by atoms with E-state index < -0.39 is 24.1 Å². The Bertz CT molecular complexity index is 563. The van der Waals surface area contributed by atoms with Gasteiger partial charge in [0.15, 0.2) is 5.78 Å². The summed E-state index contributed by atoms with van der Waals surface area (Å²) in [6, 6.07) is 9.83. The van der Waals surface area contributed by atoms with E-state index in [0.717, 1.165) is 5.56 Å². The van der Waals surface area contributed by atoms with E-state index in [1.807, 2.05) is 51.1 Å². The molecule has 1 aromatic rings. The van der Waals surface area contributed by atoms with E-state index in [9.17, 15) is 9.90 Å². The molecule has 1 heterocycles. The predicted octanol–water partition coefficient (Wildman–Crippen LogP) is 2.86. The first-order valence-electron chi connectivity index (χ1n) is 9.82. The van der Waals surface area contributed by atoms with Gasteiger partial charge in [0, 0.05) is 26.1 Å². The smallest absolute Gasteiger partial charge is 0.229 e. The Hall–Kier alpha value is -1.31. The highest BCUT2D eigenvalue weighted by Gasteiger charge is 2.51. The Labute approximate surface area is 161 Å². The van der Waals surface area contributed by atoms with Gasteiger partial charge in [-0.15, -0.1) is 0 Å². The molecule has 4 atom stereocenters. The van der Waals surface area contributed by atoms with Crippen molar-refractivity contribution in [3.05, 3.63) is 35.9 Å². The third kappa shape index (κ3) is 6.09. The molecule has 6 heteroatoms. The second-order valence-corrected chi connectivity index (χ2v) is 6.73. The van der Waals surface area contributed by atoms with E-state index in [1.165, 1.54) is 0 Å². The van der Waals surface area contributed by atoms with E-state index in [4.69, 9.17) is 18.9 Å². The summed E-state index contributed by atoms with van der Waals surface area (Å²) in [4.78, 5) is 12.5. The maximum Gasteiger partial charge on any atom is 0.229 e. The number of ether oxygens (including phenoxy) is 4. The van der Waals surface area contributed by atoms with Gasteiger partial charge in [0.1, 0.15) is 12.2 Å². The molecule has 27 heavy (non-hydrogen) atoms. The lowest BCUT2D eigenvalue weighted by Crippen LogP contribution is -2.60.